The average Bonchev–Trinajstić information content (AvgIpc) is 2.68. The lowest BCUT2D eigenvalue weighted by molar-refractivity contribution is 0.378. The van der Waals surface area contributed by atoms with Crippen LogP contribution in [0.1, 0.15) is 31.5 Å². The molecule has 0 fully saturated rings. The van der Waals surface area contributed by atoms with E-state index in [2.05, 4.69) is 10.2 Å². The molecule has 0 aromatic carbocycles. The van der Waals surface area contributed by atoms with Gasteiger partial charge in [0.05, 0.1) is 0 Å². The summed E-state index contributed by atoms with van der Waals surface area (Å²) in [5.74, 6) is 0. The number of aromatic amines is 1. The highest BCUT2D eigenvalue weighted by Crippen LogP contribution is 2.21. The molecule has 6 nitrogen and oxygen atoms in total. The first-order chi connectivity index (χ1) is 7.86. The van der Waals surface area contributed by atoms with Crippen LogP contribution < -0.4 is 5.73 Å². The lowest BCUT2D eigenvalue weighted by atomic mass is 10.3. The SMILES string of the molecule is CCC(C)N(C)S(=O)(=O)c1n[nH]c(C)c1CN. The molecule has 0 saturated carbocycles. The van der Waals surface area contributed by atoms with Crippen molar-refractivity contribution in [2.24, 2.45) is 5.73 Å². The van der Waals surface area contributed by atoms with Gasteiger partial charge in [-0.25, -0.2) is 8.42 Å². The van der Waals surface area contributed by atoms with Crippen molar-refractivity contribution in [1.29, 1.82) is 0 Å². The molecule has 3 N–H and O–H groups in total. The first-order valence-corrected chi connectivity index (χ1v) is 7.02. The van der Waals surface area contributed by atoms with Gasteiger partial charge < -0.3 is 5.73 Å². The van der Waals surface area contributed by atoms with Crippen molar-refractivity contribution in [2.75, 3.05) is 7.05 Å². The van der Waals surface area contributed by atoms with E-state index < -0.39 is 10.0 Å². The molecule has 1 aromatic heterocycles. The summed E-state index contributed by atoms with van der Waals surface area (Å²) in [5, 5.41) is 6.57. The predicted molar refractivity (Wildman–Crippen MR) is 65.9 cm³/mol. The summed E-state index contributed by atoms with van der Waals surface area (Å²) in [6.07, 6.45) is 0.747. The lowest BCUT2D eigenvalue weighted by Crippen LogP contribution is -2.35. The van der Waals surface area contributed by atoms with Crippen molar-refractivity contribution in [1.82, 2.24) is 14.5 Å². The number of hydrogen-bond donors (Lipinski definition) is 2. The second-order valence-corrected chi connectivity index (χ2v) is 6.03. The minimum Gasteiger partial charge on any atom is -0.326 e. The van der Waals surface area contributed by atoms with E-state index in [1.54, 1.807) is 14.0 Å². The number of nitrogens with zero attached hydrogens (tertiary/aromatic N) is 2. The van der Waals surface area contributed by atoms with Crippen molar-refractivity contribution in [3.63, 3.8) is 0 Å². The van der Waals surface area contributed by atoms with E-state index in [0.717, 1.165) is 6.42 Å². The maximum absolute atomic E-state index is 12.3. The number of sulfonamides is 1. The molecular formula is C10H20N4O2S. The summed E-state index contributed by atoms with van der Waals surface area (Å²) in [6, 6.07) is -0.0670. The monoisotopic (exact) mass is 260 g/mol. The van der Waals surface area contributed by atoms with E-state index in [-0.39, 0.29) is 17.6 Å². The lowest BCUT2D eigenvalue weighted by Gasteiger charge is -2.22. The third-order valence-electron chi connectivity index (χ3n) is 3.08. The van der Waals surface area contributed by atoms with Crippen LogP contribution in [0, 0.1) is 6.92 Å². The summed E-state index contributed by atoms with van der Waals surface area (Å²) in [4.78, 5) is 0. The minimum absolute atomic E-state index is 0.0419. The van der Waals surface area contributed by atoms with Gasteiger partial charge in [-0.15, -0.1) is 0 Å². The number of H-pyrrole nitrogens is 1. The Bertz CT molecular complexity index is 480. The normalized spacial score (nSPS) is 14.2. The van der Waals surface area contributed by atoms with Crippen LogP contribution in [0.3, 0.4) is 0 Å². The second kappa shape index (κ2) is 5.16. The minimum atomic E-state index is -3.56. The third-order valence-corrected chi connectivity index (χ3v) is 5.02. The fourth-order valence-electron chi connectivity index (χ4n) is 1.51. The Hall–Kier alpha value is -0.920. The summed E-state index contributed by atoms with van der Waals surface area (Å²) in [7, 11) is -2.00. The highest BCUT2D eigenvalue weighted by Gasteiger charge is 2.29. The maximum Gasteiger partial charge on any atom is 0.262 e. The Morgan fingerprint density at radius 1 is 1.53 bits per heavy atom. The van der Waals surface area contributed by atoms with Gasteiger partial charge in [0.2, 0.25) is 0 Å². The molecule has 0 spiro atoms. The van der Waals surface area contributed by atoms with Gasteiger partial charge in [-0.1, -0.05) is 6.92 Å². The fraction of sp³-hybridized carbons (Fsp3) is 0.700. The average molecular weight is 260 g/mol. The van der Waals surface area contributed by atoms with Gasteiger partial charge in [0.15, 0.2) is 5.03 Å². The number of aryl methyl sites for hydroxylation is 1. The summed E-state index contributed by atoms with van der Waals surface area (Å²) < 4.78 is 26.0. The largest absolute Gasteiger partial charge is 0.326 e. The van der Waals surface area contributed by atoms with Crippen LogP contribution in [-0.4, -0.2) is 36.0 Å². The molecule has 1 heterocycles. The van der Waals surface area contributed by atoms with Crippen molar-refractivity contribution in [2.45, 2.75) is 44.8 Å². The van der Waals surface area contributed by atoms with E-state index in [9.17, 15) is 8.42 Å². The van der Waals surface area contributed by atoms with Gasteiger partial charge in [0, 0.05) is 30.9 Å². The van der Waals surface area contributed by atoms with Crippen LogP contribution in [0.5, 0.6) is 0 Å². The smallest absolute Gasteiger partial charge is 0.262 e. The third kappa shape index (κ3) is 2.51. The number of nitrogens with one attached hydrogen (secondary N) is 1. The summed E-state index contributed by atoms with van der Waals surface area (Å²) >= 11 is 0. The van der Waals surface area contributed by atoms with Crippen LogP contribution in [0.4, 0.5) is 0 Å². The summed E-state index contributed by atoms with van der Waals surface area (Å²) in [5.41, 5.74) is 6.81. The van der Waals surface area contributed by atoms with Gasteiger partial charge in [0.25, 0.3) is 10.0 Å². The van der Waals surface area contributed by atoms with E-state index in [4.69, 9.17) is 5.73 Å². The molecular weight excluding hydrogens is 240 g/mol. The topological polar surface area (TPSA) is 92.1 Å². The predicted octanol–water partition coefficient (Wildman–Crippen LogP) is 0.596. The molecule has 17 heavy (non-hydrogen) atoms. The molecule has 98 valence electrons. The van der Waals surface area contributed by atoms with Crippen LogP contribution in [-0.2, 0) is 16.6 Å². The van der Waals surface area contributed by atoms with Gasteiger partial charge in [-0.2, -0.15) is 9.40 Å². The molecule has 0 saturated heterocycles. The van der Waals surface area contributed by atoms with E-state index in [0.29, 0.717) is 11.3 Å². The van der Waals surface area contributed by atoms with E-state index in [1.165, 1.54) is 4.31 Å². The molecule has 1 atom stereocenters. The second-order valence-electron chi connectivity index (χ2n) is 4.11. The van der Waals surface area contributed by atoms with E-state index >= 15 is 0 Å². The molecule has 0 radical (unpaired) electrons. The van der Waals surface area contributed by atoms with E-state index in [1.807, 2.05) is 13.8 Å². The van der Waals surface area contributed by atoms with Gasteiger partial charge in [0.1, 0.15) is 0 Å². The molecule has 1 unspecified atom stereocenters. The molecule has 7 heteroatoms. The Balaban J connectivity index is 3.22. The quantitative estimate of drug-likeness (QED) is 0.810. The molecule has 0 bridgehead atoms. The van der Waals surface area contributed by atoms with Gasteiger partial charge >= 0.3 is 0 Å². The molecule has 0 amide bonds. The van der Waals surface area contributed by atoms with Crippen LogP contribution in [0.2, 0.25) is 0 Å². The van der Waals surface area contributed by atoms with Gasteiger partial charge in [-0.05, 0) is 20.3 Å². The Labute approximate surface area is 102 Å². The first-order valence-electron chi connectivity index (χ1n) is 5.58. The Kier molecular flexibility index (Phi) is 4.29. The standard InChI is InChI=1S/C10H20N4O2S/c1-5-7(2)14(4)17(15,16)10-9(6-11)8(3)12-13-10/h7H,5-6,11H2,1-4H3,(H,12,13). The molecule has 1 rings (SSSR count). The highest BCUT2D eigenvalue weighted by atomic mass is 32.2. The molecule has 0 aliphatic rings. The maximum atomic E-state index is 12.3. The zero-order valence-corrected chi connectivity index (χ0v) is 11.5. The fourth-order valence-corrected chi connectivity index (χ4v) is 3.12. The first kappa shape index (κ1) is 14.1. The molecule has 0 aliphatic heterocycles. The van der Waals surface area contributed by atoms with Crippen molar-refractivity contribution >= 4 is 10.0 Å². The van der Waals surface area contributed by atoms with Gasteiger partial charge in [-0.3, -0.25) is 5.10 Å². The van der Waals surface area contributed by atoms with Crippen LogP contribution >= 0.6 is 0 Å². The summed E-state index contributed by atoms with van der Waals surface area (Å²) in [6.45, 7) is 5.72. The van der Waals surface area contributed by atoms with Crippen molar-refractivity contribution in [3.8, 4) is 0 Å². The molecule has 0 aliphatic carbocycles. The Morgan fingerprint density at radius 2 is 2.12 bits per heavy atom. The Morgan fingerprint density at radius 3 is 2.59 bits per heavy atom. The highest BCUT2D eigenvalue weighted by molar-refractivity contribution is 7.89. The van der Waals surface area contributed by atoms with Crippen molar-refractivity contribution < 1.29 is 8.42 Å². The van der Waals surface area contributed by atoms with Crippen molar-refractivity contribution in [3.05, 3.63) is 11.3 Å². The number of aromatic nitrogens is 2. The van der Waals surface area contributed by atoms with Crippen LogP contribution in [0.15, 0.2) is 5.03 Å². The zero-order chi connectivity index (χ0) is 13.2. The number of hydrogen-bond acceptors (Lipinski definition) is 4. The number of rotatable bonds is 5. The number of nitrogens with two attached hydrogens (primary N) is 1. The zero-order valence-electron chi connectivity index (χ0n) is 10.7. The molecule has 1 aromatic rings. The van der Waals surface area contributed by atoms with Crippen LogP contribution in [0.25, 0.3) is 0 Å².